The van der Waals surface area contributed by atoms with E-state index < -0.39 is 12.0 Å². The van der Waals surface area contributed by atoms with E-state index >= 15 is 0 Å². The minimum atomic E-state index is -0.637. The monoisotopic (exact) mass is 435 g/mol. The number of carbonyl (C=O) groups is 2. The van der Waals surface area contributed by atoms with E-state index in [1.165, 1.54) is 0 Å². The summed E-state index contributed by atoms with van der Waals surface area (Å²) in [5.74, 6) is -0.467. The molecule has 2 aromatic rings. The zero-order chi connectivity index (χ0) is 22.7. The molecule has 1 atom stereocenters. The topological polar surface area (TPSA) is 90.9 Å². The number of ether oxygens (including phenoxy) is 1. The fraction of sp³-hybridized carbons (Fsp3) is 0.360. The van der Waals surface area contributed by atoms with Gasteiger partial charge in [0.05, 0.1) is 29.5 Å². The van der Waals surface area contributed by atoms with Crippen molar-refractivity contribution in [3.8, 4) is 0 Å². The molecule has 7 nitrogen and oxygen atoms in total. The largest absolute Gasteiger partial charge is 0.459 e. The normalized spacial score (nSPS) is 19.6. The van der Waals surface area contributed by atoms with Gasteiger partial charge in [-0.1, -0.05) is 42.5 Å². The molecule has 0 saturated carbocycles. The number of esters is 1. The summed E-state index contributed by atoms with van der Waals surface area (Å²) in [6.07, 6.45) is 0.981. The highest BCUT2D eigenvalue weighted by atomic mass is 16.5. The highest BCUT2D eigenvalue weighted by Gasteiger charge is 2.34. The number of aliphatic hydroxyl groups excluding tert-OH is 1. The van der Waals surface area contributed by atoms with E-state index in [1.54, 1.807) is 13.8 Å². The molecule has 4 rings (SSSR count). The van der Waals surface area contributed by atoms with Gasteiger partial charge in [0.15, 0.2) is 0 Å². The maximum Gasteiger partial charge on any atom is 0.338 e. The lowest BCUT2D eigenvalue weighted by molar-refractivity contribution is -0.143. The molecule has 2 aromatic carbocycles. The summed E-state index contributed by atoms with van der Waals surface area (Å²) in [7, 11) is 0. The van der Waals surface area contributed by atoms with Crippen LogP contribution in [0.5, 0.6) is 0 Å². The van der Waals surface area contributed by atoms with Crippen molar-refractivity contribution in [1.82, 2.24) is 10.6 Å². The van der Waals surface area contributed by atoms with Gasteiger partial charge in [-0.2, -0.15) is 0 Å². The number of benzene rings is 2. The number of urea groups is 1. The Morgan fingerprint density at radius 2 is 1.72 bits per heavy atom. The summed E-state index contributed by atoms with van der Waals surface area (Å²) in [6.45, 7) is 5.20. The van der Waals surface area contributed by atoms with Gasteiger partial charge in [-0.3, -0.25) is 0 Å². The molecule has 1 unspecified atom stereocenters. The summed E-state index contributed by atoms with van der Waals surface area (Å²) in [5.41, 5.74) is 3.42. The lowest BCUT2D eigenvalue weighted by Crippen LogP contribution is -2.45. The average Bonchev–Trinajstić information content (AvgIpc) is 2.79. The fourth-order valence-corrected chi connectivity index (χ4v) is 4.15. The Morgan fingerprint density at radius 3 is 2.34 bits per heavy atom. The van der Waals surface area contributed by atoms with Crippen molar-refractivity contribution in [3.63, 3.8) is 0 Å². The Hall–Kier alpha value is -3.32. The molecule has 2 amide bonds. The van der Waals surface area contributed by atoms with Crippen LogP contribution in [0.25, 0.3) is 5.70 Å². The van der Waals surface area contributed by atoms with Crippen LogP contribution in [-0.2, 0) is 9.53 Å². The summed E-state index contributed by atoms with van der Waals surface area (Å²) < 4.78 is 5.54. The van der Waals surface area contributed by atoms with Gasteiger partial charge in [0.1, 0.15) is 0 Å². The molecule has 3 N–H and O–H groups in total. The summed E-state index contributed by atoms with van der Waals surface area (Å²) in [6, 6.07) is 16.2. The molecule has 1 fully saturated rings. The third kappa shape index (κ3) is 4.78. The minimum absolute atomic E-state index is 0.230. The van der Waals surface area contributed by atoms with Crippen molar-refractivity contribution in [2.45, 2.75) is 44.9 Å². The highest BCUT2D eigenvalue weighted by molar-refractivity contribution is 6.04. The van der Waals surface area contributed by atoms with Gasteiger partial charge >= 0.3 is 12.0 Å². The maximum atomic E-state index is 13.1. The molecule has 2 heterocycles. The molecule has 0 aromatic heterocycles. The second-order valence-electron chi connectivity index (χ2n) is 8.45. The lowest BCUT2D eigenvalue weighted by atomic mass is 9.92. The SMILES string of the molecule is CC(C)OC(=O)C1=C(c2ccccc2)NC(=O)NC1c1ccc(N2CCC(O)CC2)cc1. The van der Waals surface area contributed by atoms with Crippen LogP contribution in [0.3, 0.4) is 0 Å². The average molecular weight is 436 g/mol. The first-order valence-electron chi connectivity index (χ1n) is 11.0. The predicted molar refractivity (Wildman–Crippen MR) is 123 cm³/mol. The third-order valence-electron chi connectivity index (χ3n) is 5.75. The number of anilines is 1. The van der Waals surface area contributed by atoms with E-state index in [0.717, 1.165) is 42.7 Å². The maximum absolute atomic E-state index is 13.1. The van der Waals surface area contributed by atoms with Gasteiger partial charge in [-0.15, -0.1) is 0 Å². The van der Waals surface area contributed by atoms with E-state index in [2.05, 4.69) is 15.5 Å². The Bertz CT molecular complexity index is 994. The van der Waals surface area contributed by atoms with Crippen LogP contribution in [0.4, 0.5) is 10.5 Å². The Kier molecular flexibility index (Phi) is 6.46. The number of hydrogen-bond donors (Lipinski definition) is 3. The van der Waals surface area contributed by atoms with E-state index in [-0.39, 0.29) is 18.2 Å². The quantitative estimate of drug-likeness (QED) is 0.627. The molecule has 0 aliphatic carbocycles. The molecule has 0 radical (unpaired) electrons. The highest BCUT2D eigenvalue weighted by Crippen LogP contribution is 2.33. The Balaban J connectivity index is 1.70. The van der Waals surface area contributed by atoms with Crippen LogP contribution in [0, 0.1) is 0 Å². The number of hydrogen-bond acceptors (Lipinski definition) is 5. The number of nitrogens with one attached hydrogen (secondary N) is 2. The van der Waals surface area contributed by atoms with Gasteiger partial charge in [-0.05, 0) is 49.9 Å². The zero-order valence-corrected chi connectivity index (χ0v) is 18.4. The van der Waals surface area contributed by atoms with Gasteiger partial charge in [0.2, 0.25) is 0 Å². The molecular formula is C25H29N3O4. The molecular weight excluding hydrogens is 406 g/mol. The summed E-state index contributed by atoms with van der Waals surface area (Å²) in [4.78, 5) is 27.9. The predicted octanol–water partition coefficient (Wildman–Crippen LogP) is 3.36. The Labute approximate surface area is 188 Å². The third-order valence-corrected chi connectivity index (χ3v) is 5.75. The van der Waals surface area contributed by atoms with Crippen molar-refractivity contribution in [2.24, 2.45) is 0 Å². The van der Waals surface area contributed by atoms with E-state index in [4.69, 9.17) is 4.74 Å². The molecule has 2 aliphatic heterocycles. The van der Waals surface area contributed by atoms with Crippen LogP contribution in [0.1, 0.15) is 43.9 Å². The smallest absolute Gasteiger partial charge is 0.338 e. The first-order valence-corrected chi connectivity index (χ1v) is 11.0. The lowest BCUT2D eigenvalue weighted by Gasteiger charge is -2.32. The molecule has 32 heavy (non-hydrogen) atoms. The van der Waals surface area contributed by atoms with Crippen LogP contribution >= 0.6 is 0 Å². The Morgan fingerprint density at radius 1 is 1.06 bits per heavy atom. The molecule has 1 saturated heterocycles. The van der Waals surface area contributed by atoms with Gasteiger partial charge < -0.3 is 25.4 Å². The number of amides is 2. The van der Waals surface area contributed by atoms with E-state index in [0.29, 0.717) is 11.3 Å². The van der Waals surface area contributed by atoms with Crippen LogP contribution in [-0.4, -0.2) is 42.4 Å². The zero-order valence-electron chi connectivity index (χ0n) is 18.4. The van der Waals surface area contributed by atoms with E-state index in [9.17, 15) is 14.7 Å². The van der Waals surface area contributed by atoms with Gasteiger partial charge in [0.25, 0.3) is 0 Å². The fourth-order valence-electron chi connectivity index (χ4n) is 4.15. The first kappa shape index (κ1) is 21.9. The molecule has 168 valence electrons. The van der Waals surface area contributed by atoms with Crippen molar-refractivity contribution < 1.29 is 19.4 Å². The van der Waals surface area contributed by atoms with Crippen molar-refractivity contribution >= 4 is 23.4 Å². The van der Waals surface area contributed by atoms with Crippen molar-refractivity contribution in [2.75, 3.05) is 18.0 Å². The second kappa shape index (κ2) is 9.44. The summed E-state index contributed by atoms with van der Waals surface area (Å²) >= 11 is 0. The number of carbonyl (C=O) groups excluding carboxylic acids is 2. The standard InChI is InChI=1S/C25H29N3O4/c1-16(2)32-24(30)21-22(17-6-4-3-5-7-17)26-25(31)27-23(21)18-8-10-19(11-9-18)28-14-12-20(29)13-15-28/h3-11,16,20,23,29H,12-15H2,1-2H3,(H2,26,27,31). The second-order valence-corrected chi connectivity index (χ2v) is 8.45. The first-order chi connectivity index (χ1) is 15.4. The van der Waals surface area contributed by atoms with Crippen molar-refractivity contribution in [3.05, 3.63) is 71.3 Å². The van der Waals surface area contributed by atoms with Gasteiger partial charge in [0, 0.05) is 18.8 Å². The molecule has 0 bridgehead atoms. The van der Waals surface area contributed by atoms with Gasteiger partial charge in [-0.25, -0.2) is 9.59 Å². The number of nitrogens with zero attached hydrogens (tertiary/aromatic N) is 1. The minimum Gasteiger partial charge on any atom is -0.459 e. The molecule has 7 heteroatoms. The number of rotatable bonds is 5. The van der Waals surface area contributed by atoms with Crippen LogP contribution in [0.2, 0.25) is 0 Å². The van der Waals surface area contributed by atoms with Crippen LogP contribution in [0.15, 0.2) is 60.2 Å². The van der Waals surface area contributed by atoms with Crippen LogP contribution < -0.4 is 15.5 Å². The number of aliphatic hydroxyl groups is 1. The van der Waals surface area contributed by atoms with E-state index in [1.807, 2.05) is 54.6 Å². The number of piperidine rings is 1. The molecule has 2 aliphatic rings. The molecule has 0 spiro atoms. The van der Waals surface area contributed by atoms with Crippen molar-refractivity contribution in [1.29, 1.82) is 0 Å². The summed E-state index contributed by atoms with van der Waals surface area (Å²) in [5, 5.41) is 15.4.